The van der Waals surface area contributed by atoms with Crippen LogP contribution < -0.4 is 5.73 Å². The molecule has 0 spiro atoms. The van der Waals surface area contributed by atoms with Gasteiger partial charge in [0, 0.05) is 12.5 Å². The van der Waals surface area contributed by atoms with Crippen molar-refractivity contribution < 1.29 is 9.53 Å². The molecular formula is C13H19NO2. The van der Waals surface area contributed by atoms with Gasteiger partial charge in [0.2, 0.25) is 0 Å². The first-order valence-corrected chi connectivity index (χ1v) is 5.54. The first kappa shape index (κ1) is 12.7. The van der Waals surface area contributed by atoms with E-state index in [9.17, 15) is 4.79 Å². The fourth-order valence-corrected chi connectivity index (χ4v) is 1.25. The van der Waals surface area contributed by atoms with Gasteiger partial charge in [-0.25, -0.2) is 0 Å². The summed E-state index contributed by atoms with van der Waals surface area (Å²) in [6.45, 7) is 4.19. The van der Waals surface area contributed by atoms with E-state index in [4.69, 9.17) is 10.5 Å². The number of ether oxygens (including phenoxy) is 1. The number of carbonyl (C=O) groups is 1. The van der Waals surface area contributed by atoms with Crippen LogP contribution in [0, 0.1) is 5.92 Å². The zero-order chi connectivity index (χ0) is 12.0. The SMILES string of the molecule is CC(N)[C@@H](C)CC(=O)OCc1ccccc1. The minimum absolute atomic E-state index is 0.0178. The summed E-state index contributed by atoms with van der Waals surface area (Å²) in [4.78, 5) is 11.5. The summed E-state index contributed by atoms with van der Waals surface area (Å²) in [7, 11) is 0. The molecule has 0 radical (unpaired) electrons. The Morgan fingerprint density at radius 2 is 1.94 bits per heavy atom. The van der Waals surface area contributed by atoms with E-state index in [1.54, 1.807) is 0 Å². The van der Waals surface area contributed by atoms with Gasteiger partial charge in [-0.1, -0.05) is 37.3 Å². The van der Waals surface area contributed by atoms with Gasteiger partial charge >= 0.3 is 5.97 Å². The molecule has 0 fully saturated rings. The van der Waals surface area contributed by atoms with Crippen LogP contribution in [0.3, 0.4) is 0 Å². The molecule has 88 valence electrons. The van der Waals surface area contributed by atoms with Gasteiger partial charge in [-0.2, -0.15) is 0 Å². The summed E-state index contributed by atoms with van der Waals surface area (Å²) in [6, 6.07) is 9.67. The fourth-order valence-electron chi connectivity index (χ4n) is 1.25. The molecule has 1 aromatic carbocycles. The Hall–Kier alpha value is -1.35. The van der Waals surface area contributed by atoms with Crippen molar-refractivity contribution in [3.05, 3.63) is 35.9 Å². The molecule has 16 heavy (non-hydrogen) atoms. The number of hydrogen-bond acceptors (Lipinski definition) is 3. The lowest BCUT2D eigenvalue weighted by Crippen LogP contribution is -2.26. The summed E-state index contributed by atoms with van der Waals surface area (Å²) in [5.74, 6) is -0.0306. The van der Waals surface area contributed by atoms with Crippen molar-refractivity contribution in [1.29, 1.82) is 0 Å². The Bertz CT molecular complexity index is 322. The third kappa shape index (κ3) is 4.45. The lowest BCUT2D eigenvalue weighted by molar-refractivity contribution is -0.146. The van der Waals surface area contributed by atoms with Crippen LogP contribution in [0.1, 0.15) is 25.8 Å². The molecule has 0 saturated heterocycles. The quantitative estimate of drug-likeness (QED) is 0.775. The predicted molar refractivity (Wildman–Crippen MR) is 63.7 cm³/mol. The van der Waals surface area contributed by atoms with Crippen LogP contribution in [-0.4, -0.2) is 12.0 Å². The van der Waals surface area contributed by atoms with Gasteiger partial charge in [0.05, 0.1) is 0 Å². The van der Waals surface area contributed by atoms with Crippen molar-refractivity contribution in [3.63, 3.8) is 0 Å². The Balaban J connectivity index is 2.31. The van der Waals surface area contributed by atoms with Gasteiger partial charge in [-0.3, -0.25) is 4.79 Å². The highest BCUT2D eigenvalue weighted by Crippen LogP contribution is 2.08. The lowest BCUT2D eigenvalue weighted by atomic mass is 10.0. The van der Waals surface area contributed by atoms with E-state index in [2.05, 4.69) is 0 Å². The highest BCUT2D eigenvalue weighted by Gasteiger charge is 2.13. The number of nitrogens with two attached hydrogens (primary N) is 1. The van der Waals surface area contributed by atoms with Crippen molar-refractivity contribution >= 4 is 5.97 Å². The minimum atomic E-state index is -0.186. The summed E-state index contributed by atoms with van der Waals surface area (Å²) in [5.41, 5.74) is 6.69. The lowest BCUT2D eigenvalue weighted by Gasteiger charge is -2.14. The van der Waals surface area contributed by atoms with Gasteiger partial charge in [0.15, 0.2) is 0 Å². The van der Waals surface area contributed by atoms with E-state index >= 15 is 0 Å². The number of carbonyl (C=O) groups excluding carboxylic acids is 1. The number of hydrogen-bond donors (Lipinski definition) is 1. The van der Waals surface area contributed by atoms with Crippen molar-refractivity contribution in [2.24, 2.45) is 11.7 Å². The van der Waals surface area contributed by atoms with Gasteiger partial charge in [0.1, 0.15) is 6.61 Å². The van der Waals surface area contributed by atoms with Crippen molar-refractivity contribution in [3.8, 4) is 0 Å². The van der Waals surface area contributed by atoms with Gasteiger partial charge in [-0.05, 0) is 18.4 Å². The van der Waals surface area contributed by atoms with E-state index < -0.39 is 0 Å². The van der Waals surface area contributed by atoms with E-state index in [1.165, 1.54) is 0 Å². The molecule has 0 amide bonds. The number of benzene rings is 1. The van der Waals surface area contributed by atoms with Crippen LogP contribution in [0.4, 0.5) is 0 Å². The van der Waals surface area contributed by atoms with E-state index in [0.717, 1.165) is 5.56 Å². The molecule has 0 bridgehead atoms. The summed E-state index contributed by atoms with van der Waals surface area (Å²) >= 11 is 0. The van der Waals surface area contributed by atoms with Gasteiger partial charge in [-0.15, -0.1) is 0 Å². The van der Waals surface area contributed by atoms with Crippen molar-refractivity contribution in [2.45, 2.75) is 32.9 Å². The molecule has 1 rings (SSSR count). The molecule has 0 aromatic heterocycles. The van der Waals surface area contributed by atoms with Gasteiger partial charge in [0.25, 0.3) is 0 Å². The second-order valence-corrected chi connectivity index (χ2v) is 4.19. The van der Waals surface area contributed by atoms with Crippen LogP contribution in [0.15, 0.2) is 30.3 Å². The highest BCUT2D eigenvalue weighted by atomic mass is 16.5. The molecule has 0 aliphatic rings. The van der Waals surface area contributed by atoms with Gasteiger partial charge < -0.3 is 10.5 Å². The molecule has 1 aromatic rings. The molecule has 3 heteroatoms. The van der Waals surface area contributed by atoms with Crippen LogP contribution >= 0.6 is 0 Å². The standard InChI is InChI=1S/C13H19NO2/c1-10(11(2)14)8-13(15)16-9-12-6-4-3-5-7-12/h3-7,10-11H,8-9,14H2,1-2H3/t10-,11?/m0/s1. The van der Waals surface area contributed by atoms with Crippen LogP contribution in [0.25, 0.3) is 0 Å². The summed E-state index contributed by atoms with van der Waals surface area (Å²) in [6.07, 6.45) is 0.379. The largest absolute Gasteiger partial charge is 0.461 e. The number of esters is 1. The Morgan fingerprint density at radius 1 is 1.31 bits per heavy atom. The van der Waals surface area contributed by atoms with E-state index in [0.29, 0.717) is 13.0 Å². The molecule has 0 saturated carbocycles. The molecule has 2 N–H and O–H groups in total. The second kappa shape index (κ2) is 6.28. The second-order valence-electron chi connectivity index (χ2n) is 4.19. The zero-order valence-electron chi connectivity index (χ0n) is 9.85. The third-order valence-electron chi connectivity index (χ3n) is 2.63. The number of rotatable bonds is 5. The normalized spacial score (nSPS) is 14.2. The average Bonchev–Trinajstić information content (AvgIpc) is 2.27. The first-order valence-electron chi connectivity index (χ1n) is 5.54. The Morgan fingerprint density at radius 3 is 2.50 bits per heavy atom. The van der Waals surface area contributed by atoms with Crippen LogP contribution in [0.2, 0.25) is 0 Å². The summed E-state index contributed by atoms with van der Waals surface area (Å²) in [5, 5.41) is 0. The maximum atomic E-state index is 11.5. The van der Waals surface area contributed by atoms with E-state index in [-0.39, 0.29) is 17.9 Å². The predicted octanol–water partition coefficient (Wildman–Crippen LogP) is 2.10. The fraction of sp³-hybridized carbons (Fsp3) is 0.462. The third-order valence-corrected chi connectivity index (χ3v) is 2.63. The monoisotopic (exact) mass is 221 g/mol. The molecule has 1 unspecified atom stereocenters. The average molecular weight is 221 g/mol. The molecular weight excluding hydrogens is 202 g/mol. The van der Waals surface area contributed by atoms with Crippen LogP contribution in [-0.2, 0) is 16.1 Å². The van der Waals surface area contributed by atoms with Crippen molar-refractivity contribution in [1.82, 2.24) is 0 Å². The molecule has 0 heterocycles. The first-order chi connectivity index (χ1) is 7.59. The maximum absolute atomic E-state index is 11.5. The molecule has 2 atom stereocenters. The smallest absolute Gasteiger partial charge is 0.306 e. The van der Waals surface area contributed by atoms with E-state index in [1.807, 2.05) is 44.2 Å². The molecule has 0 aliphatic carbocycles. The minimum Gasteiger partial charge on any atom is -0.461 e. The van der Waals surface area contributed by atoms with Crippen molar-refractivity contribution in [2.75, 3.05) is 0 Å². The van der Waals surface area contributed by atoms with Crippen LogP contribution in [0.5, 0.6) is 0 Å². The molecule has 3 nitrogen and oxygen atoms in total. The molecule has 0 aliphatic heterocycles. The highest BCUT2D eigenvalue weighted by molar-refractivity contribution is 5.69. The topological polar surface area (TPSA) is 52.3 Å². The zero-order valence-corrected chi connectivity index (χ0v) is 9.85. The maximum Gasteiger partial charge on any atom is 0.306 e. The summed E-state index contributed by atoms with van der Waals surface area (Å²) < 4.78 is 5.15. The Labute approximate surface area is 96.6 Å². The Kier molecular flexibility index (Phi) is 4.99.